The first kappa shape index (κ1) is 16.9. The smallest absolute Gasteiger partial charge is 0.348 e. The lowest BCUT2D eigenvalue weighted by Gasteiger charge is -2.25. The van der Waals surface area contributed by atoms with Gasteiger partial charge < -0.3 is 15.0 Å². The second kappa shape index (κ2) is 7.00. The van der Waals surface area contributed by atoms with E-state index >= 15 is 0 Å². The lowest BCUT2D eigenvalue weighted by Crippen LogP contribution is -2.40. The van der Waals surface area contributed by atoms with Crippen molar-refractivity contribution in [1.82, 2.24) is 9.97 Å². The van der Waals surface area contributed by atoms with Crippen LogP contribution in [0.4, 0.5) is 10.8 Å². The van der Waals surface area contributed by atoms with Crippen molar-refractivity contribution in [3.8, 4) is 0 Å². The summed E-state index contributed by atoms with van der Waals surface area (Å²) in [6, 6.07) is 5.06. The van der Waals surface area contributed by atoms with Crippen molar-refractivity contribution in [1.29, 1.82) is 0 Å². The average Bonchev–Trinajstić information content (AvgIpc) is 3.39. The molecule has 0 radical (unpaired) electrons. The Labute approximate surface area is 157 Å². The van der Waals surface area contributed by atoms with Gasteiger partial charge in [0.25, 0.3) is 0 Å². The van der Waals surface area contributed by atoms with Crippen LogP contribution in [0.3, 0.4) is 0 Å². The number of rotatable bonds is 4. The fraction of sp³-hybridized carbons (Fsp3) is 0.294. The Morgan fingerprint density at radius 2 is 2.19 bits per heavy atom. The standard InChI is InChI=1S/C17H16N4O3S2/c1-24-17(23)12-4-5-13(26-12)20-15(22)11-3-2-7-21(11)14-10-6-8-25-16(10)19-9-18-14/h4-6,8-9,11H,2-3,7H2,1H3,(H,20,22). The van der Waals surface area contributed by atoms with Crippen molar-refractivity contribution in [2.24, 2.45) is 0 Å². The number of hydrogen-bond acceptors (Lipinski definition) is 8. The lowest BCUT2D eigenvalue weighted by molar-refractivity contribution is -0.117. The number of carbonyl (C=O) groups is 2. The summed E-state index contributed by atoms with van der Waals surface area (Å²) < 4.78 is 4.70. The molecule has 1 N–H and O–H groups in total. The quantitative estimate of drug-likeness (QED) is 0.691. The van der Waals surface area contributed by atoms with Crippen molar-refractivity contribution in [2.75, 3.05) is 23.9 Å². The molecular weight excluding hydrogens is 372 g/mol. The number of amides is 1. The monoisotopic (exact) mass is 388 g/mol. The molecule has 0 aliphatic carbocycles. The molecule has 1 saturated heterocycles. The van der Waals surface area contributed by atoms with Crippen molar-refractivity contribution < 1.29 is 14.3 Å². The van der Waals surface area contributed by atoms with E-state index in [1.807, 2.05) is 16.3 Å². The fourth-order valence-corrected chi connectivity index (χ4v) is 4.67. The molecule has 0 aromatic carbocycles. The van der Waals surface area contributed by atoms with Gasteiger partial charge in [0.05, 0.1) is 17.5 Å². The van der Waals surface area contributed by atoms with Crippen LogP contribution in [0.2, 0.25) is 0 Å². The van der Waals surface area contributed by atoms with Gasteiger partial charge in [-0.05, 0) is 36.4 Å². The normalized spacial score (nSPS) is 16.8. The van der Waals surface area contributed by atoms with Gasteiger partial charge in [-0.15, -0.1) is 22.7 Å². The summed E-state index contributed by atoms with van der Waals surface area (Å²) in [5, 5.41) is 6.50. The molecule has 1 aliphatic heterocycles. The Morgan fingerprint density at radius 1 is 1.31 bits per heavy atom. The first-order chi connectivity index (χ1) is 12.7. The zero-order chi connectivity index (χ0) is 18.1. The maximum Gasteiger partial charge on any atom is 0.348 e. The highest BCUT2D eigenvalue weighted by Crippen LogP contribution is 2.32. The Kier molecular flexibility index (Phi) is 4.56. The molecule has 0 spiro atoms. The molecule has 4 rings (SSSR count). The number of methoxy groups -OCH3 is 1. The maximum atomic E-state index is 12.8. The van der Waals surface area contributed by atoms with Crippen LogP contribution in [-0.4, -0.2) is 41.5 Å². The first-order valence-corrected chi connectivity index (χ1v) is 9.81. The highest BCUT2D eigenvalue weighted by molar-refractivity contribution is 7.18. The number of anilines is 2. The summed E-state index contributed by atoms with van der Waals surface area (Å²) in [5.41, 5.74) is 0. The zero-order valence-electron chi connectivity index (χ0n) is 14.0. The van der Waals surface area contributed by atoms with Crippen molar-refractivity contribution in [3.63, 3.8) is 0 Å². The van der Waals surface area contributed by atoms with E-state index in [-0.39, 0.29) is 11.9 Å². The third kappa shape index (κ3) is 3.04. The molecule has 1 unspecified atom stereocenters. The van der Waals surface area contributed by atoms with Crippen molar-refractivity contribution in [3.05, 3.63) is 34.8 Å². The summed E-state index contributed by atoms with van der Waals surface area (Å²) in [4.78, 5) is 36.5. The van der Waals surface area contributed by atoms with E-state index in [1.165, 1.54) is 18.4 Å². The molecule has 134 valence electrons. The van der Waals surface area contributed by atoms with Crippen LogP contribution >= 0.6 is 22.7 Å². The molecular formula is C17H16N4O3S2. The number of nitrogens with zero attached hydrogens (tertiary/aromatic N) is 3. The van der Waals surface area contributed by atoms with Crippen molar-refractivity contribution >= 4 is 55.6 Å². The molecule has 1 atom stereocenters. The van der Waals surface area contributed by atoms with E-state index in [2.05, 4.69) is 15.3 Å². The molecule has 1 amide bonds. The first-order valence-electron chi connectivity index (χ1n) is 8.11. The Balaban J connectivity index is 1.55. The number of aromatic nitrogens is 2. The maximum absolute atomic E-state index is 12.8. The molecule has 4 heterocycles. The van der Waals surface area contributed by atoms with Crippen LogP contribution in [0.1, 0.15) is 22.5 Å². The molecule has 7 nitrogen and oxygen atoms in total. The predicted molar refractivity (Wildman–Crippen MR) is 102 cm³/mol. The Bertz CT molecular complexity index is 968. The third-order valence-electron chi connectivity index (χ3n) is 4.31. The summed E-state index contributed by atoms with van der Waals surface area (Å²) >= 11 is 2.76. The number of esters is 1. The molecule has 0 bridgehead atoms. The predicted octanol–water partition coefficient (Wildman–Crippen LogP) is 3.15. The number of hydrogen-bond donors (Lipinski definition) is 1. The lowest BCUT2D eigenvalue weighted by atomic mass is 10.2. The van der Waals surface area contributed by atoms with Crippen LogP contribution in [0.15, 0.2) is 29.9 Å². The average molecular weight is 388 g/mol. The van der Waals surface area contributed by atoms with Crippen LogP contribution in [0.25, 0.3) is 10.2 Å². The molecule has 26 heavy (non-hydrogen) atoms. The molecule has 9 heteroatoms. The molecule has 1 fully saturated rings. The van der Waals surface area contributed by atoms with Gasteiger partial charge in [0.1, 0.15) is 27.9 Å². The van der Waals surface area contributed by atoms with Crippen LogP contribution in [-0.2, 0) is 9.53 Å². The van der Waals surface area contributed by atoms with E-state index in [4.69, 9.17) is 4.74 Å². The van der Waals surface area contributed by atoms with Gasteiger partial charge in [0.15, 0.2) is 0 Å². The summed E-state index contributed by atoms with van der Waals surface area (Å²) in [7, 11) is 1.34. The summed E-state index contributed by atoms with van der Waals surface area (Å²) in [5.74, 6) is 0.303. The highest BCUT2D eigenvalue weighted by Gasteiger charge is 2.33. The van der Waals surface area contributed by atoms with Gasteiger partial charge in [-0.1, -0.05) is 0 Å². The summed E-state index contributed by atoms with van der Waals surface area (Å²) in [6.07, 6.45) is 3.23. The number of ether oxygens (including phenoxy) is 1. The second-order valence-corrected chi connectivity index (χ2v) is 7.81. The van der Waals surface area contributed by atoms with Crippen LogP contribution in [0.5, 0.6) is 0 Å². The van der Waals surface area contributed by atoms with Gasteiger partial charge in [0.2, 0.25) is 5.91 Å². The molecule has 3 aromatic heterocycles. The van der Waals surface area contributed by atoms with Crippen LogP contribution in [0, 0.1) is 0 Å². The third-order valence-corrected chi connectivity index (χ3v) is 6.11. The Morgan fingerprint density at radius 3 is 3.04 bits per heavy atom. The minimum Gasteiger partial charge on any atom is -0.465 e. The number of thiophene rings is 2. The number of nitrogens with one attached hydrogen (secondary N) is 1. The highest BCUT2D eigenvalue weighted by atomic mass is 32.1. The zero-order valence-corrected chi connectivity index (χ0v) is 15.6. The van der Waals surface area contributed by atoms with E-state index in [1.54, 1.807) is 29.8 Å². The van der Waals surface area contributed by atoms with Crippen LogP contribution < -0.4 is 10.2 Å². The second-order valence-electron chi connectivity index (χ2n) is 5.83. The SMILES string of the molecule is COC(=O)c1ccc(NC(=O)C2CCCN2c2ncnc3sccc23)s1. The fourth-order valence-electron chi connectivity index (χ4n) is 3.12. The Hall–Kier alpha value is -2.52. The van der Waals surface area contributed by atoms with Gasteiger partial charge in [0, 0.05) is 6.54 Å². The topological polar surface area (TPSA) is 84.4 Å². The van der Waals surface area contributed by atoms with Gasteiger partial charge in [-0.3, -0.25) is 4.79 Å². The summed E-state index contributed by atoms with van der Waals surface area (Å²) in [6.45, 7) is 0.776. The van der Waals surface area contributed by atoms with Gasteiger partial charge >= 0.3 is 5.97 Å². The molecule has 3 aromatic rings. The van der Waals surface area contributed by atoms with E-state index in [0.717, 1.165) is 35.4 Å². The number of carbonyl (C=O) groups excluding carboxylic acids is 2. The minimum atomic E-state index is -0.404. The van der Waals surface area contributed by atoms with E-state index < -0.39 is 5.97 Å². The largest absolute Gasteiger partial charge is 0.465 e. The van der Waals surface area contributed by atoms with Crippen molar-refractivity contribution in [2.45, 2.75) is 18.9 Å². The van der Waals surface area contributed by atoms with Gasteiger partial charge in [-0.2, -0.15) is 0 Å². The minimum absolute atomic E-state index is 0.0947. The van der Waals surface area contributed by atoms with E-state index in [0.29, 0.717) is 9.88 Å². The molecule has 0 saturated carbocycles. The van der Waals surface area contributed by atoms with E-state index in [9.17, 15) is 9.59 Å². The number of fused-ring (bicyclic) bond motifs is 1. The molecule has 1 aliphatic rings. The van der Waals surface area contributed by atoms with Gasteiger partial charge in [-0.25, -0.2) is 14.8 Å².